The normalized spacial score (nSPS) is 25.1. The average molecular weight is 232 g/mol. The molecule has 0 fully saturated rings. The average Bonchev–Trinajstić information content (AvgIpc) is 2.62. The Morgan fingerprint density at radius 2 is 2.53 bits per heavy atom. The van der Waals surface area contributed by atoms with Crippen LogP contribution in [0.15, 0.2) is 16.8 Å². The van der Waals surface area contributed by atoms with Crippen LogP contribution < -0.4 is 0 Å². The topological polar surface area (TPSA) is 47.9 Å². The molecule has 1 aliphatic heterocycles. The summed E-state index contributed by atoms with van der Waals surface area (Å²) in [6.07, 6.45) is 2.82. The molecule has 0 amide bonds. The molecule has 1 unspecified atom stereocenters. The molecule has 5 heteroatoms. The van der Waals surface area contributed by atoms with Gasteiger partial charge in [0, 0.05) is 12.0 Å². The number of esters is 1. The van der Waals surface area contributed by atoms with Gasteiger partial charge in [0.1, 0.15) is 6.61 Å². The van der Waals surface area contributed by atoms with Gasteiger partial charge in [0.2, 0.25) is 5.60 Å². The third kappa shape index (κ3) is 2.96. The first kappa shape index (κ1) is 12.0. The van der Waals surface area contributed by atoms with Crippen LogP contribution in [-0.4, -0.2) is 23.9 Å². The Balaban J connectivity index is 2.47. The van der Waals surface area contributed by atoms with E-state index in [2.05, 4.69) is 5.16 Å². The molecule has 0 aliphatic carbocycles. The second kappa shape index (κ2) is 5.16. The van der Waals surface area contributed by atoms with Gasteiger partial charge in [0.15, 0.2) is 0 Å². The molecule has 0 N–H and O–H groups in total. The quantitative estimate of drug-likeness (QED) is 0.697. The van der Waals surface area contributed by atoms with Gasteiger partial charge in [0.05, 0.1) is 5.71 Å². The number of ether oxygens (including phenoxy) is 1. The lowest BCUT2D eigenvalue weighted by molar-refractivity contribution is -0.165. The third-order valence-corrected chi connectivity index (χ3v) is 2.34. The lowest BCUT2D eigenvalue weighted by Gasteiger charge is -2.18. The highest BCUT2D eigenvalue weighted by molar-refractivity contribution is 6.25. The molecule has 0 radical (unpaired) electrons. The van der Waals surface area contributed by atoms with Crippen molar-refractivity contribution in [2.75, 3.05) is 6.61 Å². The van der Waals surface area contributed by atoms with Crippen LogP contribution in [0, 0.1) is 0 Å². The zero-order valence-corrected chi connectivity index (χ0v) is 9.58. The van der Waals surface area contributed by atoms with Gasteiger partial charge in [-0.15, -0.1) is 0 Å². The number of oxime groups is 1. The second-order valence-electron chi connectivity index (χ2n) is 3.47. The number of hydrogen-bond acceptors (Lipinski definition) is 4. The van der Waals surface area contributed by atoms with Crippen LogP contribution in [-0.2, 0) is 14.4 Å². The number of nitrogens with zero attached hydrogens (tertiary/aromatic N) is 1. The molecule has 0 bridgehead atoms. The smallest absolute Gasteiger partial charge is 0.353 e. The van der Waals surface area contributed by atoms with Gasteiger partial charge in [-0.3, -0.25) is 0 Å². The van der Waals surface area contributed by atoms with Crippen molar-refractivity contribution in [1.29, 1.82) is 0 Å². The molecular formula is C10H14ClNO3. The molecule has 84 valence electrons. The van der Waals surface area contributed by atoms with Crippen LogP contribution >= 0.6 is 11.6 Å². The first-order chi connectivity index (χ1) is 7.12. The van der Waals surface area contributed by atoms with E-state index in [1.807, 2.05) is 6.92 Å². The first-order valence-electron chi connectivity index (χ1n) is 4.78. The Bertz CT molecular complexity index is 301. The zero-order chi connectivity index (χ0) is 11.3. The minimum absolute atomic E-state index is 0.155. The van der Waals surface area contributed by atoms with E-state index in [4.69, 9.17) is 21.2 Å². The fourth-order valence-corrected chi connectivity index (χ4v) is 1.30. The number of rotatable bonds is 4. The van der Waals surface area contributed by atoms with Gasteiger partial charge < -0.3 is 9.57 Å². The molecule has 1 rings (SSSR count). The second-order valence-corrected chi connectivity index (χ2v) is 3.72. The van der Waals surface area contributed by atoms with Crippen LogP contribution in [0.25, 0.3) is 0 Å². The van der Waals surface area contributed by atoms with E-state index in [1.54, 1.807) is 13.0 Å². The lowest BCUT2D eigenvalue weighted by atomic mass is 9.99. The molecule has 0 spiro atoms. The first-order valence-corrected chi connectivity index (χ1v) is 5.22. The van der Waals surface area contributed by atoms with Crippen molar-refractivity contribution in [3.8, 4) is 0 Å². The van der Waals surface area contributed by atoms with E-state index in [1.165, 1.54) is 5.54 Å². The van der Waals surface area contributed by atoms with Crippen molar-refractivity contribution >= 4 is 23.3 Å². The summed E-state index contributed by atoms with van der Waals surface area (Å²) in [5.74, 6) is -0.413. The Labute approximate surface area is 93.9 Å². The molecule has 1 atom stereocenters. The maximum Gasteiger partial charge on any atom is 0.353 e. The highest BCUT2D eigenvalue weighted by atomic mass is 35.5. The number of carbonyl (C=O) groups is 1. The Morgan fingerprint density at radius 3 is 3.07 bits per heavy atom. The Hall–Kier alpha value is -1.03. The standard InChI is InChI=1S/C10H14ClNO3/c1-3-8-7-10(2,15-12-8)9(13)14-6-4-5-11/h4-5H,3,6-7H2,1-2H3/b5-4+. The van der Waals surface area contributed by atoms with Crippen molar-refractivity contribution in [3.05, 3.63) is 11.6 Å². The van der Waals surface area contributed by atoms with E-state index in [0.717, 1.165) is 12.1 Å². The summed E-state index contributed by atoms with van der Waals surface area (Å²) >= 11 is 5.30. The van der Waals surface area contributed by atoms with Crippen LogP contribution in [0.4, 0.5) is 0 Å². The summed E-state index contributed by atoms with van der Waals surface area (Å²) in [4.78, 5) is 16.7. The molecule has 1 heterocycles. The summed E-state index contributed by atoms with van der Waals surface area (Å²) in [5, 5.41) is 3.83. The van der Waals surface area contributed by atoms with Gasteiger partial charge in [-0.25, -0.2) is 4.79 Å². The summed E-state index contributed by atoms with van der Waals surface area (Å²) < 4.78 is 4.95. The Morgan fingerprint density at radius 1 is 1.80 bits per heavy atom. The molecular weight excluding hydrogens is 218 g/mol. The minimum atomic E-state index is -0.967. The summed E-state index contributed by atoms with van der Waals surface area (Å²) in [5.41, 5.74) is 1.22. The zero-order valence-electron chi connectivity index (χ0n) is 8.83. The molecule has 0 saturated carbocycles. The monoisotopic (exact) mass is 231 g/mol. The predicted octanol–water partition coefficient (Wildman–Crippen LogP) is 2.23. The third-order valence-electron chi connectivity index (χ3n) is 2.16. The van der Waals surface area contributed by atoms with Gasteiger partial charge in [-0.05, 0) is 19.4 Å². The molecule has 1 aliphatic rings. The maximum atomic E-state index is 11.6. The predicted molar refractivity (Wildman–Crippen MR) is 57.8 cm³/mol. The van der Waals surface area contributed by atoms with Crippen molar-refractivity contribution in [2.45, 2.75) is 32.3 Å². The Kier molecular flexibility index (Phi) is 4.15. The lowest BCUT2D eigenvalue weighted by Crippen LogP contribution is -2.37. The molecule has 0 aromatic heterocycles. The van der Waals surface area contributed by atoms with Gasteiger partial charge in [0.25, 0.3) is 0 Å². The molecule has 0 aromatic carbocycles. The van der Waals surface area contributed by atoms with Crippen LogP contribution in [0.2, 0.25) is 0 Å². The van der Waals surface area contributed by atoms with E-state index in [9.17, 15) is 4.79 Å². The highest BCUT2D eigenvalue weighted by Gasteiger charge is 2.42. The fourth-order valence-electron chi connectivity index (χ4n) is 1.23. The van der Waals surface area contributed by atoms with Crippen LogP contribution in [0.5, 0.6) is 0 Å². The number of halogens is 1. The minimum Gasteiger partial charge on any atom is -0.458 e. The summed E-state index contributed by atoms with van der Waals surface area (Å²) in [7, 11) is 0. The van der Waals surface area contributed by atoms with Crippen molar-refractivity contribution in [3.63, 3.8) is 0 Å². The fraction of sp³-hybridized carbons (Fsp3) is 0.600. The number of hydrogen-bond donors (Lipinski definition) is 0. The molecule has 15 heavy (non-hydrogen) atoms. The maximum absolute atomic E-state index is 11.6. The van der Waals surface area contributed by atoms with Gasteiger partial charge >= 0.3 is 5.97 Å². The SMILES string of the molecule is CCC1=NOC(C)(C(=O)OC/C=C/Cl)C1. The molecule has 0 saturated heterocycles. The molecule has 4 nitrogen and oxygen atoms in total. The molecule has 0 aromatic rings. The highest BCUT2D eigenvalue weighted by Crippen LogP contribution is 2.25. The van der Waals surface area contributed by atoms with Crippen molar-refractivity contribution in [1.82, 2.24) is 0 Å². The summed E-state index contributed by atoms with van der Waals surface area (Å²) in [6, 6.07) is 0. The van der Waals surface area contributed by atoms with E-state index >= 15 is 0 Å². The van der Waals surface area contributed by atoms with Gasteiger partial charge in [-0.2, -0.15) is 0 Å². The van der Waals surface area contributed by atoms with E-state index < -0.39 is 11.6 Å². The largest absolute Gasteiger partial charge is 0.458 e. The summed E-state index contributed by atoms with van der Waals surface area (Å²) in [6.45, 7) is 3.80. The van der Waals surface area contributed by atoms with Crippen LogP contribution in [0.3, 0.4) is 0 Å². The van der Waals surface area contributed by atoms with Gasteiger partial charge in [-0.1, -0.05) is 23.7 Å². The van der Waals surface area contributed by atoms with E-state index in [-0.39, 0.29) is 6.61 Å². The van der Waals surface area contributed by atoms with Crippen molar-refractivity contribution in [2.24, 2.45) is 5.16 Å². The van der Waals surface area contributed by atoms with Crippen molar-refractivity contribution < 1.29 is 14.4 Å². The van der Waals surface area contributed by atoms with Crippen LogP contribution in [0.1, 0.15) is 26.7 Å². The van der Waals surface area contributed by atoms with E-state index in [0.29, 0.717) is 6.42 Å². The number of carbonyl (C=O) groups excluding carboxylic acids is 1.